The second kappa shape index (κ2) is 9.37. The zero-order valence-corrected chi connectivity index (χ0v) is 16.7. The minimum atomic E-state index is -3.55. The van der Waals surface area contributed by atoms with Crippen LogP contribution in [0.25, 0.3) is 0 Å². The first-order valence-corrected chi connectivity index (χ1v) is 10.7. The van der Waals surface area contributed by atoms with Crippen LogP contribution < -0.4 is 10.1 Å². The molecule has 146 valence electrons. The van der Waals surface area contributed by atoms with Gasteiger partial charge in [-0.25, -0.2) is 12.7 Å². The first kappa shape index (κ1) is 20.7. The van der Waals surface area contributed by atoms with Gasteiger partial charge in [0.2, 0.25) is 15.9 Å². The first-order chi connectivity index (χ1) is 12.3. The van der Waals surface area contributed by atoms with Gasteiger partial charge in [0, 0.05) is 26.1 Å². The molecule has 7 heteroatoms. The molecule has 1 N–H and O–H groups in total. The monoisotopic (exact) mass is 382 g/mol. The molecule has 0 saturated heterocycles. The van der Waals surface area contributed by atoms with Gasteiger partial charge in [0.1, 0.15) is 5.75 Å². The summed E-state index contributed by atoms with van der Waals surface area (Å²) in [5.74, 6) is 1.38. The van der Waals surface area contributed by atoms with Crippen molar-refractivity contribution in [3.63, 3.8) is 0 Å². The van der Waals surface area contributed by atoms with Crippen molar-refractivity contribution in [1.82, 2.24) is 9.62 Å². The average Bonchev–Trinajstić information content (AvgIpc) is 2.63. The molecule has 1 fully saturated rings. The van der Waals surface area contributed by atoms with Crippen molar-refractivity contribution in [3.05, 3.63) is 24.3 Å². The molecule has 1 saturated carbocycles. The van der Waals surface area contributed by atoms with Crippen molar-refractivity contribution in [3.8, 4) is 5.75 Å². The molecule has 2 rings (SSSR count). The van der Waals surface area contributed by atoms with Crippen LogP contribution in [0.3, 0.4) is 0 Å². The van der Waals surface area contributed by atoms with Crippen LogP contribution >= 0.6 is 0 Å². The first-order valence-electron chi connectivity index (χ1n) is 9.22. The molecule has 0 unspecified atom stereocenters. The third-order valence-electron chi connectivity index (χ3n) is 5.03. The predicted molar refractivity (Wildman–Crippen MR) is 102 cm³/mol. The molecule has 1 aliphatic rings. The van der Waals surface area contributed by atoms with Crippen molar-refractivity contribution in [1.29, 1.82) is 0 Å². The van der Waals surface area contributed by atoms with E-state index in [0.717, 1.165) is 31.6 Å². The minimum absolute atomic E-state index is 0.0137. The molecule has 0 atom stereocenters. The highest BCUT2D eigenvalue weighted by atomic mass is 32.2. The summed E-state index contributed by atoms with van der Waals surface area (Å²) in [6.07, 6.45) is 5.24. The van der Waals surface area contributed by atoms with Crippen LogP contribution in [0.1, 0.15) is 45.4 Å². The van der Waals surface area contributed by atoms with Crippen LogP contribution in [-0.2, 0) is 14.8 Å². The van der Waals surface area contributed by atoms with E-state index in [1.165, 1.54) is 23.5 Å². The standard InChI is InChI=1S/C19H30N2O4S/c1-15-6-8-16(9-7-15)20-19(22)5-4-14-21(2)26(23,24)18-12-10-17(25-3)11-13-18/h10-13,15-16H,4-9,14H2,1-3H3,(H,20,22). The Morgan fingerprint density at radius 2 is 1.81 bits per heavy atom. The van der Waals surface area contributed by atoms with Gasteiger partial charge < -0.3 is 10.1 Å². The number of amides is 1. The van der Waals surface area contributed by atoms with E-state index in [0.29, 0.717) is 25.1 Å². The van der Waals surface area contributed by atoms with E-state index >= 15 is 0 Å². The van der Waals surface area contributed by atoms with E-state index in [-0.39, 0.29) is 16.8 Å². The van der Waals surface area contributed by atoms with Gasteiger partial charge in [0.05, 0.1) is 12.0 Å². The number of methoxy groups -OCH3 is 1. The lowest BCUT2D eigenvalue weighted by Gasteiger charge is -2.27. The van der Waals surface area contributed by atoms with Gasteiger partial charge in [-0.2, -0.15) is 0 Å². The summed E-state index contributed by atoms with van der Waals surface area (Å²) in [7, 11) is -0.471. The normalized spacial score (nSPS) is 20.8. The fraction of sp³-hybridized carbons (Fsp3) is 0.632. The SMILES string of the molecule is COc1ccc(S(=O)(=O)N(C)CCCC(=O)NC2CCC(C)CC2)cc1. The maximum absolute atomic E-state index is 12.5. The Kier molecular flexibility index (Phi) is 7.46. The summed E-state index contributed by atoms with van der Waals surface area (Å²) in [4.78, 5) is 12.3. The predicted octanol–water partition coefficient (Wildman–Crippen LogP) is 2.79. The molecule has 1 aromatic carbocycles. The number of hydrogen-bond acceptors (Lipinski definition) is 4. The van der Waals surface area contributed by atoms with Crippen LogP contribution in [-0.4, -0.2) is 45.4 Å². The summed E-state index contributed by atoms with van der Waals surface area (Å²) >= 11 is 0. The Labute approximate surface area is 157 Å². The van der Waals surface area contributed by atoms with Gasteiger partial charge >= 0.3 is 0 Å². The zero-order valence-electron chi connectivity index (χ0n) is 15.9. The van der Waals surface area contributed by atoms with Crippen molar-refractivity contribution >= 4 is 15.9 Å². The lowest BCUT2D eigenvalue weighted by Crippen LogP contribution is -2.37. The highest BCUT2D eigenvalue weighted by Crippen LogP contribution is 2.23. The zero-order chi connectivity index (χ0) is 19.2. The second-order valence-electron chi connectivity index (χ2n) is 7.13. The number of hydrogen-bond donors (Lipinski definition) is 1. The molecule has 0 bridgehead atoms. The molecule has 0 radical (unpaired) electrons. The van der Waals surface area contributed by atoms with E-state index in [4.69, 9.17) is 4.74 Å². The van der Waals surface area contributed by atoms with Gasteiger partial charge in [-0.3, -0.25) is 4.79 Å². The second-order valence-corrected chi connectivity index (χ2v) is 9.17. The van der Waals surface area contributed by atoms with Crippen molar-refractivity contribution in [2.45, 2.75) is 56.4 Å². The molecule has 0 heterocycles. The molecular weight excluding hydrogens is 352 g/mol. The quantitative estimate of drug-likeness (QED) is 0.750. The maximum atomic E-state index is 12.5. The van der Waals surface area contributed by atoms with Gasteiger partial charge in [0.15, 0.2) is 0 Å². The molecular formula is C19H30N2O4S. The Hall–Kier alpha value is -1.60. The van der Waals surface area contributed by atoms with Gasteiger partial charge in [-0.05, 0) is 62.3 Å². The largest absolute Gasteiger partial charge is 0.497 e. The maximum Gasteiger partial charge on any atom is 0.242 e. The average molecular weight is 383 g/mol. The molecule has 1 aromatic rings. The van der Waals surface area contributed by atoms with Gasteiger partial charge in [-0.1, -0.05) is 6.92 Å². The molecule has 1 aliphatic carbocycles. The Morgan fingerprint density at radius 3 is 2.38 bits per heavy atom. The van der Waals surface area contributed by atoms with Crippen LogP contribution in [0.4, 0.5) is 0 Å². The van der Waals surface area contributed by atoms with Crippen LogP contribution in [0.2, 0.25) is 0 Å². The number of carbonyl (C=O) groups is 1. The lowest BCUT2D eigenvalue weighted by atomic mass is 9.87. The topological polar surface area (TPSA) is 75.7 Å². The summed E-state index contributed by atoms with van der Waals surface area (Å²) in [5.41, 5.74) is 0. The Bertz CT molecular complexity index is 680. The van der Waals surface area contributed by atoms with Crippen molar-refractivity contribution in [2.24, 2.45) is 5.92 Å². The summed E-state index contributed by atoms with van der Waals surface area (Å²) < 4.78 is 31.4. The molecule has 0 spiro atoms. The van der Waals surface area contributed by atoms with E-state index in [9.17, 15) is 13.2 Å². The fourth-order valence-electron chi connectivity index (χ4n) is 3.21. The summed E-state index contributed by atoms with van der Waals surface area (Å²) in [5, 5.41) is 3.08. The smallest absolute Gasteiger partial charge is 0.242 e. The number of benzene rings is 1. The van der Waals surface area contributed by atoms with E-state index < -0.39 is 10.0 Å². The molecule has 6 nitrogen and oxygen atoms in total. The lowest BCUT2D eigenvalue weighted by molar-refractivity contribution is -0.122. The number of nitrogens with zero attached hydrogens (tertiary/aromatic N) is 1. The molecule has 0 aliphatic heterocycles. The molecule has 1 amide bonds. The van der Waals surface area contributed by atoms with Crippen LogP contribution in [0.5, 0.6) is 5.75 Å². The Morgan fingerprint density at radius 1 is 1.19 bits per heavy atom. The summed E-state index contributed by atoms with van der Waals surface area (Å²) in [6.45, 7) is 2.56. The van der Waals surface area contributed by atoms with E-state index in [1.54, 1.807) is 19.2 Å². The third kappa shape index (κ3) is 5.71. The van der Waals surface area contributed by atoms with Crippen molar-refractivity contribution < 1.29 is 17.9 Å². The van der Waals surface area contributed by atoms with Gasteiger partial charge in [-0.15, -0.1) is 0 Å². The number of ether oxygens (including phenoxy) is 1. The van der Waals surface area contributed by atoms with Crippen LogP contribution in [0.15, 0.2) is 29.2 Å². The van der Waals surface area contributed by atoms with E-state index in [1.807, 2.05) is 0 Å². The highest BCUT2D eigenvalue weighted by Gasteiger charge is 2.22. The van der Waals surface area contributed by atoms with Crippen molar-refractivity contribution in [2.75, 3.05) is 20.7 Å². The molecule has 26 heavy (non-hydrogen) atoms. The molecule has 0 aromatic heterocycles. The highest BCUT2D eigenvalue weighted by molar-refractivity contribution is 7.89. The summed E-state index contributed by atoms with van der Waals surface area (Å²) in [6, 6.07) is 6.58. The third-order valence-corrected chi connectivity index (χ3v) is 6.90. The number of nitrogens with one attached hydrogen (secondary N) is 1. The number of carbonyl (C=O) groups excluding carboxylic acids is 1. The minimum Gasteiger partial charge on any atom is -0.497 e. The number of sulfonamides is 1. The number of rotatable bonds is 8. The van der Waals surface area contributed by atoms with Crippen LogP contribution in [0, 0.1) is 5.92 Å². The van der Waals surface area contributed by atoms with Gasteiger partial charge in [0.25, 0.3) is 0 Å². The Balaban J connectivity index is 1.77. The fourth-order valence-corrected chi connectivity index (χ4v) is 4.42. The van der Waals surface area contributed by atoms with E-state index in [2.05, 4.69) is 12.2 Å².